The lowest BCUT2D eigenvalue weighted by Crippen LogP contribution is -2.10. The Morgan fingerprint density at radius 2 is 0.552 bits per heavy atom. The summed E-state index contributed by atoms with van der Waals surface area (Å²) in [6.45, 7) is 0. The Morgan fingerprint density at radius 3 is 1.17 bits per heavy atom. The van der Waals surface area contributed by atoms with Crippen molar-refractivity contribution >= 4 is 161 Å². The normalized spacial score (nSPS) is 12.9. The van der Waals surface area contributed by atoms with Crippen molar-refractivity contribution in [2.45, 2.75) is 14.7 Å². The average molecular weight is 1550 g/mol. The number of hydrogen-bond donors (Lipinski definition) is 1. The first-order valence-corrected chi connectivity index (χ1v) is 43.3. The third-order valence-corrected chi connectivity index (χ3v) is 29.6. The topological polar surface area (TPSA) is 6.48 Å². The van der Waals surface area contributed by atoms with Gasteiger partial charge in [0.1, 0.15) is 0 Å². The molecule has 1 aliphatic heterocycles. The van der Waals surface area contributed by atoms with Gasteiger partial charge in [-0.25, -0.2) is 0 Å². The van der Waals surface area contributed by atoms with E-state index in [4.69, 9.17) is 0 Å². The fourth-order valence-corrected chi connectivity index (χ4v) is 24.2. The lowest BCUT2D eigenvalue weighted by atomic mass is 9.97. The van der Waals surface area contributed by atoms with Crippen molar-refractivity contribution in [3.63, 3.8) is 0 Å². The molecule has 0 N–H and O–H groups in total. The Morgan fingerprint density at radius 1 is 0.172 bits per heavy atom. The Balaban J connectivity index is 0.569. The molecule has 6 heteroatoms. The van der Waals surface area contributed by atoms with Gasteiger partial charge in [0.05, 0.1) is 0 Å². The minimum absolute atomic E-state index is 0.864. The molecule has 0 saturated carbocycles. The summed E-state index contributed by atoms with van der Waals surface area (Å²) < 4.78 is 7.84. The lowest BCUT2D eigenvalue weighted by molar-refractivity contribution is 1.28. The van der Waals surface area contributed by atoms with Gasteiger partial charge in [0.25, 0.3) is 0 Å². The van der Waals surface area contributed by atoms with Crippen LogP contribution in [0, 0.1) is 0 Å². The standard InChI is InChI=1S/C110H70N2S4/c1-3-33-90-70(19-1)21-16-38-92(90)72-45-52-83(53-46-72)111(86-30-13-25-76(63-86)79-50-59-105-101(66-79)96-36-6-9-43-104(96)113-105)85-29-12-24-75(62-85)74-23-11-28-82(61-74)94-40-18-41-100-98-58-56-89(69-107(98)115-110(94)100)116-108-44-10-7-37-99(108)102-67-80(51-60-109(102)116)77-26-14-31-87(64-77)112(84-54-47-73(48-55-84)93-39-17-22-71-20-2-4-34-91(71)93)88-32-15-27-78(65-88)81-49-57-97-95-35-5-8-42-103(95)114-106(97)68-81/h1-69,116H. The quantitative estimate of drug-likeness (QED) is 0.108. The van der Waals surface area contributed by atoms with Gasteiger partial charge < -0.3 is 9.80 Å². The van der Waals surface area contributed by atoms with Crippen molar-refractivity contribution in [3.8, 4) is 89.0 Å². The van der Waals surface area contributed by atoms with Crippen molar-refractivity contribution in [3.05, 3.63) is 419 Å². The van der Waals surface area contributed by atoms with E-state index in [1.54, 1.807) is 0 Å². The molecule has 0 radical (unpaired) electrons. The van der Waals surface area contributed by atoms with Crippen LogP contribution in [0.25, 0.3) is 171 Å². The van der Waals surface area contributed by atoms with E-state index in [2.05, 4.69) is 428 Å². The fraction of sp³-hybridized carbons (Fsp3) is 0. The van der Waals surface area contributed by atoms with E-state index in [1.165, 1.54) is 175 Å². The van der Waals surface area contributed by atoms with Crippen molar-refractivity contribution in [2.75, 3.05) is 9.80 Å². The maximum atomic E-state index is 2.52. The van der Waals surface area contributed by atoms with Crippen LogP contribution in [-0.4, -0.2) is 0 Å². The number of nitrogens with zero attached hydrogens (tertiary/aromatic N) is 2. The summed E-state index contributed by atoms with van der Waals surface area (Å²) in [5, 5.41) is 12.8. The molecule has 0 spiro atoms. The number of anilines is 6. The molecule has 0 bridgehead atoms. The summed E-state index contributed by atoms with van der Waals surface area (Å²) in [7, 11) is -0.864. The first-order chi connectivity index (χ1) is 57.4. The molecule has 544 valence electrons. The zero-order chi connectivity index (χ0) is 76.3. The van der Waals surface area contributed by atoms with E-state index in [0.29, 0.717) is 0 Å². The van der Waals surface area contributed by atoms with Crippen LogP contribution in [0.4, 0.5) is 34.1 Å². The van der Waals surface area contributed by atoms with Gasteiger partial charge in [-0.15, -0.1) is 34.0 Å². The van der Waals surface area contributed by atoms with Crippen LogP contribution in [-0.2, 0) is 0 Å². The van der Waals surface area contributed by atoms with Crippen LogP contribution in [0.1, 0.15) is 0 Å². The number of hydrogen-bond acceptors (Lipinski definition) is 5. The minimum atomic E-state index is -0.864. The first kappa shape index (κ1) is 68.0. The SMILES string of the molecule is c1cc(-c2cccc(N(c3ccc(-c4cccc5ccccc45)cc3)c3cccc(-c4ccc5sc6ccccc6c5c4)c3)c2)cc(-c2cccc3c2sc2cc([SH]4c5ccccc5-c5cc(-c6cccc(N(c7ccc(-c8cccc9ccccc89)cc7)c7cccc(-c8ccc9c(c8)sc8ccccc89)c7)c6)ccc54)ccc23)c1. The Bertz CT molecular complexity index is 7680. The Hall–Kier alpha value is -13.7. The molecule has 2 nitrogen and oxygen atoms in total. The van der Waals surface area contributed by atoms with E-state index in [0.717, 1.165) is 45.3 Å². The molecule has 4 heterocycles. The maximum absolute atomic E-state index is 2.52. The molecule has 23 rings (SSSR count). The summed E-state index contributed by atoms with van der Waals surface area (Å²) in [5.41, 5.74) is 25.9. The van der Waals surface area contributed by atoms with Crippen molar-refractivity contribution in [2.24, 2.45) is 0 Å². The predicted octanol–water partition coefficient (Wildman–Crippen LogP) is 33.2. The second-order valence-electron chi connectivity index (χ2n) is 30.3. The molecule has 1 unspecified atom stereocenters. The number of benzene rings is 19. The molecule has 0 aliphatic carbocycles. The van der Waals surface area contributed by atoms with E-state index in [-0.39, 0.29) is 0 Å². The fourth-order valence-electron chi connectivity index (χ4n) is 18.0. The van der Waals surface area contributed by atoms with Crippen LogP contribution >= 0.6 is 44.9 Å². The zero-order valence-corrected chi connectivity index (χ0v) is 66.2. The molecule has 1 aliphatic rings. The second kappa shape index (κ2) is 28.1. The molecule has 1 atom stereocenters. The number of thiol groups is 1. The van der Waals surface area contributed by atoms with Gasteiger partial charge in [-0.05, 0) is 255 Å². The molecule has 0 saturated heterocycles. The van der Waals surface area contributed by atoms with Crippen LogP contribution in [0.5, 0.6) is 0 Å². The third kappa shape index (κ3) is 11.8. The van der Waals surface area contributed by atoms with Crippen molar-refractivity contribution in [1.29, 1.82) is 0 Å². The van der Waals surface area contributed by atoms with Crippen LogP contribution in [0.3, 0.4) is 0 Å². The number of fused-ring (bicyclic) bond motifs is 14. The van der Waals surface area contributed by atoms with Gasteiger partial charge in [-0.2, -0.15) is 10.9 Å². The molecule has 0 fully saturated rings. The van der Waals surface area contributed by atoms with Gasteiger partial charge >= 0.3 is 0 Å². The Labute approximate surface area is 687 Å². The van der Waals surface area contributed by atoms with Gasteiger partial charge in [0.15, 0.2) is 0 Å². The maximum Gasteiger partial charge on any atom is 0.0467 e. The average Bonchev–Trinajstić information content (AvgIpc) is 1.57. The van der Waals surface area contributed by atoms with Gasteiger partial charge in [0.2, 0.25) is 0 Å². The van der Waals surface area contributed by atoms with Gasteiger partial charge in [-0.1, -0.05) is 279 Å². The van der Waals surface area contributed by atoms with Gasteiger partial charge in [-0.3, -0.25) is 0 Å². The number of thiophene rings is 3. The minimum Gasteiger partial charge on any atom is -0.310 e. The van der Waals surface area contributed by atoms with Crippen LogP contribution in [0.15, 0.2) is 433 Å². The van der Waals surface area contributed by atoms with Crippen LogP contribution < -0.4 is 9.80 Å². The zero-order valence-electron chi connectivity index (χ0n) is 62.9. The van der Waals surface area contributed by atoms with Crippen molar-refractivity contribution < 1.29 is 0 Å². The van der Waals surface area contributed by atoms with Crippen molar-refractivity contribution in [1.82, 2.24) is 0 Å². The van der Waals surface area contributed by atoms with Crippen LogP contribution in [0.2, 0.25) is 0 Å². The monoisotopic (exact) mass is 1550 g/mol. The highest BCUT2D eigenvalue weighted by molar-refractivity contribution is 8.17. The summed E-state index contributed by atoms with van der Waals surface area (Å²) in [5.74, 6) is 0. The highest BCUT2D eigenvalue weighted by Gasteiger charge is 2.29. The molecule has 22 aromatic rings. The van der Waals surface area contributed by atoms with E-state index < -0.39 is 10.9 Å². The molecule has 19 aromatic carbocycles. The lowest BCUT2D eigenvalue weighted by Gasteiger charge is -2.27. The summed E-state index contributed by atoms with van der Waals surface area (Å²) in [6.07, 6.45) is 0. The molecular weight excluding hydrogens is 1480 g/mol. The summed E-state index contributed by atoms with van der Waals surface area (Å²) in [4.78, 5) is 9.03. The second-order valence-corrected chi connectivity index (χ2v) is 35.6. The third-order valence-electron chi connectivity index (χ3n) is 23.5. The highest BCUT2D eigenvalue weighted by Crippen LogP contribution is 2.64. The van der Waals surface area contributed by atoms with E-state index >= 15 is 0 Å². The van der Waals surface area contributed by atoms with E-state index in [9.17, 15) is 0 Å². The predicted molar refractivity (Wildman–Crippen MR) is 503 cm³/mol. The van der Waals surface area contributed by atoms with Gasteiger partial charge in [0, 0.05) is 104 Å². The highest BCUT2D eigenvalue weighted by atomic mass is 32.2. The molecular formula is C110H70N2S4. The molecule has 116 heavy (non-hydrogen) atoms. The number of rotatable bonds is 14. The molecule has 0 amide bonds. The molecule has 3 aromatic heterocycles. The summed E-state index contributed by atoms with van der Waals surface area (Å²) >= 11 is 5.65. The smallest absolute Gasteiger partial charge is 0.0467 e. The largest absolute Gasteiger partial charge is 0.310 e. The first-order valence-electron chi connectivity index (χ1n) is 39.6. The Kier molecular flexibility index (Phi) is 16.5. The van der Waals surface area contributed by atoms with E-state index in [1.807, 2.05) is 34.0 Å². The summed E-state index contributed by atoms with van der Waals surface area (Å²) in [6, 6.07) is 157.